The molecule has 1 N–H and O–H groups in total. The highest BCUT2D eigenvalue weighted by molar-refractivity contribution is 7.89. The molecule has 162 valence electrons. The Balaban J connectivity index is 1.78. The number of hydrogen-bond acceptors (Lipinski definition) is 5. The van der Waals surface area contributed by atoms with Crippen LogP contribution in [0.1, 0.15) is 15.9 Å². The fraction of sp³-hybridized carbons (Fsp3) is 0.316. The summed E-state index contributed by atoms with van der Waals surface area (Å²) in [5.41, 5.74) is 0.997. The highest BCUT2D eigenvalue weighted by Crippen LogP contribution is 2.25. The molecular formula is C19H19F3N2O5S. The van der Waals surface area contributed by atoms with Crippen molar-refractivity contribution in [2.24, 2.45) is 0 Å². The van der Waals surface area contributed by atoms with Crippen molar-refractivity contribution in [2.45, 2.75) is 18.2 Å². The third-order valence-corrected chi connectivity index (χ3v) is 6.31. The molecule has 1 amide bonds. The second kappa shape index (κ2) is 8.62. The van der Waals surface area contributed by atoms with E-state index in [-0.39, 0.29) is 29.2 Å². The Bertz CT molecular complexity index is 1020. The van der Waals surface area contributed by atoms with E-state index in [1.54, 1.807) is 13.0 Å². The van der Waals surface area contributed by atoms with Crippen LogP contribution in [0.25, 0.3) is 0 Å². The number of carbonyl (C=O) groups is 1. The van der Waals surface area contributed by atoms with Gasteiger partial charge in [-0.3, -0.25) is 4.79 Å². The minimum atomic E-state index is -4.83. The molecule has 1 aliphatic heterocycles. The Hall–Kier alpha value is -2.63. The maximum Gasteiger partial charge on any atom is 0.573 e. The van der Waals surface area contributed by atoms with Gasteiger partial charge < -0.3 is 14.8 Å². The van der Waals surface area contributed by atoms with Crippen LogP contribution in [-0.2, 0) is 14.8 Å². The van der Waals surface area contributed by atoms with E-state index in [0.717, 1.165) is 12.1 Å². The van der Waals surface area contributed by atoms with Gasteiger partial charge in [-0.05, 0) is 48.9 Å². The Morgan fingerprint density at radius 2 is 1.73 bits per heavy atom. The number of alkyl halides is 3. The Kier molecular flexibility index (Phi) is 6.34. The summed E-state index contributed by atoms with van der Waals surface area (Å²) in [5.74, 6) is -1.05. The van der Waals surface area contributed by atoms with Gasteiger partial charge in [0.05, 0.1) is 18.1 Å². The minimum Gasteiger partial charge on any atom is -0.406 e. The predicted octanol–water partition coefficient (Wildman–Crippen LogP) is 3.17. The van der Waals surface area contributed by atoms with E-state index in [1.165, 1.54) is 28.6 Å². The molecule has 11 heteroatoms. The fourth-order valence-electron chi connectivity index (χ4n) is 2.83. The van der Waals surface area contributed by atoms with E-state index in [0.29, 0.717) is 18.8 Å². The zero-order chi connectivity index (χ0) is 21.9. The van der Waals surface area contributed by atoms with Crippen LogP contribution < -0.4 is 10.1 Å². The molecule has 2 aromatic carbocycles. The van der Waals surface area contributed by atoms with Gasteiger partial charge in [0, 0.05) is 24.3 Å². The van der Waals surface area contributed by atoms with Crippen LogP contribution >= 0.6 is 0 Å². The average Bonchev–Trinajstić information content (AvgIpc) is 2.69. The zero-order valence-electron chi connectivity index (χ0n) is 15.9. The average molecular weight is 444 g/mol. The van der Waals surface area contributed by atoms with Crippen LogP contribution in [-0.4, -0.2) is 51.3 Å². The quantitative estimate of drug-likeness (QED) is 0.766. The number of benzene rings is 2. The summed E-state index contributed by atoms with van der Waals surface area (Å²) in [6, 6.07) is 8.80. The number of nitrogens with zero attached hydrogens (tertiary/aromatic N) is 1. The van der Waals surface area contributed by atoms with Crippen LogP contribution in [0.4, 0.5) is 18.9 Å². The van der Waals surface area contributed by atoms with E-state index >= 15 is 0 Å². The van der Waals surface area contributed by atoms with Gasteiger partial charge in [0.25, 0.3) is 5.91 Å². The molecule has 0 unspecified atom stereocenters. The van der Waals surface area contributed by atoms with Crippen LogP contribution in [0.3, 0.4) is 0 Å². The van der Waals surface area contributed by atoms with Gasteiger partial charge in [0.2, 0.25) is 10.0 Å². The summed E-state index contributed by atoms with van der Waals surface area (Å²) in [6.07, 6.45) is -4.83. The summed E-state index contributed by atoms with van der Waals surface area (Å²) < 4.78 is 72.6. The Morgan fingerprint density at radius 1 is 1.10 bits per heavy atom. The van der Waals surface area contributed by atoms with E-state index in [9.17, 15) is 26.4 Å². The number of sulfonamides is 1. The highest BCUT2D eigenvalue weighted by atomic mass is 32.2. The first-order valence-corrected chi connectivity index (χ1v) is 10.4. The molecule has 0 aliphatic carbocycles. The third-order valence-electron chi connectivity index (χ3n) is 4.42. The van der Waals surface area contributed by atoms with E-state index in [4.69, 9.17) is 4.74 Å². The van der Waals surface area contributed by atoms with Crippen molar-refractivity contribution in [3.8, 4) is 5.75 Å². The molecule has 1 heterocycles. The van der Waals surface area contributed by atoms with Crippen molar-refractivity contribution in [3.63, 3.8) is 0 Å². The Morgan fingerprint density at radius 3 is 2.33 bits per heavy atom. The molecule has 0 atom stereocenters. The number of anilines is 1. The van der Waals surface area contributed by atoms with Gasteiger partial charge >= 0.3 is 6.36 Å². The number of ether oxygens (including phenoxy) is 2. The summed E-state index contributed by atoms with van der Waals surface area (Å²) in [7, 11) is -3.75. The molecule has 0 bridgehead atoms. The van der Waals surface area contributed by atoms with Gasteiger partial charge in [0.15, 0.2) is 0 Å². The lowest BCUT2D eigenvalue weighted by molar-refractivity contribution is -0.274. The van der Waals surface area contributed by atoms with Gasteiger partial charge in [-0.1, -0.05) is 6.07 Å². The summed E-state index contributed by atoms with van der Waals surface area (Å²) in [4.78, 5) is 12.5. The molecule has 0 aromatic heterocycles. The maximum absolute atomic E-state index is 12.8. The number of morpholine rings is 1. The van der Waals surface area contributed by atoms with Crippen molar-refractivity contribution in [3.05, 3.63) is 53.6 Å². The lowest BCUT2D eigenvalue weighted by atomic mass is 10.1. The van der Waals surface area contributed by atoms with Gasteiger partial charge in [-0.25, -0.2) is 8.42 Å². The normalized spacial score (nSPS) is 15.6. The van der Waals surface area contributed by atoms with Crippen LogP contribution in [0.5, 0.6) is 5.75 Å². The van der Waals surface area contributed by atoms with Crippen LogP contribution in [0, 0.1) is 6.92 Å². The largest absolute Gasteiger partial charge is 0.573 e. The summed E-state index contributed by atoms with van der Waals surface area (Å²) in [6.45, 7) is 2.79. The van der Waals surface area contributed by atoms with Crippen molar-refractivity contribution in [1.82, 2.24) is 4.31 Å². The fourth-order valence-corrected chi connectivity index (χ4v) is 4.27. The minimum absolute atomic E-state index is 0.0271. The van der Waals surface area contributed by atoms with Crippen molar-refractivity contribution in [1.29, 1.82) is 0 Å². The molecular weight excluding hydrogens is 425 g/mol. The topological polar surface area (TPSA) is 84.9 Å². The van der Waals surface area contributed by atoms with Gasteiger partial charge in [0.1, 0.15) is 5.75 Å². The van der Waals surface area contributed by atoms with E-state index < -0.39 is 28.0 Å². The molecule has 3 rings (SSSR count). The van der Waals surface area contributed by atoms with Crippen molar-refractivity contribution >= 4 is 21.6 Å². The number of nitrogens with one attached hydrogen (secondary N) is 1. The third kappa shape index (κ3) is 5.29. The van der Waals surface area contributed by atoms with E-state index in [2.05, 4.69) is 10.1 Å². The first-order valence-electron chi connectivity index (χ1n) is 8.92. The Labute approximate surface area is 171 Å². The number of aryl methyl sites for hydroxylation is 1. The number of halogens is 3. The summed E-state index contributed by atoms with van der Waals surface area (Å²) in [5, 5.41) is 2.60. The highest BCUT2D eigenvalue weighted by Gasteiger charge is 2.31. The second-order valence-electron chi connectivity index (χ2n) is 6.52. The molecule has 0 spiro atoms. The monoisotopic (exact) mass is 444 g/mol. The smallest absolute Gasteiger partial charge is 0.406 e. The lowest BCUT2D eigenvalue weighted by Gasteiger charge is -2.26. The maximum atomic E-state index is 12.8. The molecule has 1 saturated heterocycles. The van der Waals surface area contributed by atoms with Crippen molar-refractivity contribution in [2.75, 3.05) is 31.6 Å². The molecule has 2 aromatic rings. The van der Waals surface area contributed by atoms with Crippen LogP contribution in [0.15, 0.2) is 47.4 Å². The second-order valence-corrected chi connectivity index (χ2v) is 8.46. The molecule has 30 heavy (non-hydrogen) atoms. The van der Waals surface area contributed by atoms with Gasteiger partial charge in [-0.15, -0.1) is 13.2 Å². The first-order chi connectivity index (χ1) is 14.1. The SMILES string of the molecule is Cc1ccc(S(=O)(=O)N2CCOCC2)cc1NC(=O)c1ccc(OC(F)(F)F)cc1. The summed E-state index contributed by atoms with van der Waals surface area (Å²) >= 11 is 0. The van der Waals surface area contributed by atoms with E-state index in [1.807, 2.05) is 0 Å². The number of hydrogen-bond donors (Lipinski definition) is 1. The molecule has 0 saturated carbocycles. The standard InChI is InChI=1S/C19H19F3N2O5S/c1-13-2-7-16(30(26,27)24-8-10-28-11-9-24)12-17(13)23-18(25)14-3-5-15(6-4-14)29-19(20,21)22/h2-7,12H,8-11H2,1H3,(H,23,25). The first kappa shape index (κ1) is 22.1. The zero-order valence-corrected chi connectivity index (χ0v) is 16.7. The molecule has 1 aliphatic rings. The molecule has 7 nitrogen and oxygen atoms in total. The molecule has 1 fully saturated rings. The van der Waals surface area contributed by atoms with Gasteiger partial charge in [-0.2, -0.15) is 4.31 Å². The van der Waals surface area contributed by atoms with Crippen LogP contribution in [0.2, 0.25) is 0 Å². The number of amides is 1. The number of rotatable bonds is 5. The lowest BCUT2D eigenvalue weighted by Crippen LogP contribution is -2.40. The molecule has 0 radical (unpaired) electrons. The number of carbonyl (C=O) groups excluding carboxylic acids is 1. The predicted molar refractivity (Wildman–Crippen MR) is 102 cm³/mol. The van der Waals surface area contributed by atoms with Crippen molar-refractivity contribution < 1.29 is 35.9 Å².